The van der Waals surface area contributed by atoms with Crippen molar-refractivity contribution < 1.29 is 9.90 Å². The molecule has 2 nitrogen and oxygen atoms in total. The fraction of sp³-hybridized carbons (Fsp3) is 0.500. The molecule has 1 heterocycles. The standard InChI is InChI=1S/C10H11BrO2S/c11-8-3-2-7(14-8)10(4-1-5-10)6-9(12)13/h2-3H,1,4-6H2,(H,12,13). The molecule has 1 saturated carbocycles. The highest BCUT2D eigenvalue weighted by molar-refractivity contribution is 9.11. The number of carboxylic acid groups (broad SMARTS) is 1. The SMILES string of the molecule is O=C(O)CC1(c2ccc(Br)s2)CCC1. The van der Waals surface area contributed by atoms with Crippen LogP contribution in [-0.4, -0.2) is 11.1 Å². The lowest BCUT2D eigenvalue weighted by molar-refractivity contribution is -0.139. The minimum Gasteiger partial charge on any atom is -0.481 e. The van der Waals surface area contributed by atoms with Crippen LogP contribution in [0.1, 0.15) is 30.6 Å². The lowest BCUT2D eigenvalue weighted by Crippen LogP contribution is -2.35. The third kappa shape index (κ3) is 1.73. The number of aliphatic carboxylic acids is 1. The molecule has 1 N–H and O–H groups in total. The number of hydrogen-bond acceptors (Lipinski definition) is 2. The van der Waals surface area contributed by atoms with Gasteiger partial charge in [-0.2, -0.15) is 0 Å². The first kappa shape index (κ1) is 10.2. The largest absolute Gasteiger partial charge is 0.481 e. The van der Waals surface area contributed by atoms with Crippen molar-refractivity contribution in [2.75, 3.05) is 0 Å². The van der Waals surface area contributed by atoms with E-state index in [0.29, 0.717) is 0 Å². The molecule has 0 aliphatic heterocycles. The van der Waals surface area contributed by atoms with Gasteiger partial charge in [-0.25, -0.2) is 0 Å². The first-order chi connectivity index (χ1) is 6.62. The Hall–Kier alpha value is -0.350. The molecule has 1 aliphatic carbocycles. The van der Waals surface area contributed by atoms with E-state index in [9.17, 15) is 4.79 Å². The summed E-state index contributed by atoms with van der Waals surface area (Å²) in [6.07, 6.45) is 3.47. The Balaban J connectivity index is 2.24. The predicted molar refractivity (Wildman–Crippen MR) is 59.8 cm³/mol. The summed E-state index contributed by atoms with van der Waals surface area (Å²) in [5.74, 6) is -0.686. The van der Waals surface area contributed by atoms with E-state index in [2.05, 4.69) is 22.0 Å². The van der Waals surface area contributed by atoms with Crippen LogP contribution in [0.4, 0.5) is 0 Å². The van der Waals surface area contributed by atoms with Crippen LogP contribution in [0, 0.1) is 0 Å². The van der Waals surface area contributed by atoms with Gasteiger partial charge in [-0.3, -0.25) is 4.79 Å². The van der Waals surface area contributed by atoms with E-state index in [4.69, 9.17) is 5.11 Å². The second-order valence-corrected chi connectivity index (χ2v) is 6.27. The molecule has 0 unspecified atom stereocenters. The Morgan fingerprint density at radius 2 is 2.29 bits per heavy atom. The van der Waals surface area contributed by atoms with E-state index in [1.807, 2.05) is 6.07 Å². The Morgan fingerprint density at radius 3 is 2.64 bits per heavy atom. The quantitative estimate of drug-likeness (QED) is 0.917. The van der Waals surface area contributed by atoms with Crippen LogP contribution < -0.4 is 0 Å². The maximum Gasteiger partial charge on any atom is 0.304 e. The molecule has 0 radical (unpaired) electrons. The molecule has 2 rings (SSSR count). The van der Waals surface area contributed by atoms with Crippen LogP contribution in [0.25, 0.3) is 0 Å². The molecule has 0 spiro atoms. The molecule has 1 aliphatic rings. The first-order valence-corrected chi connectivity index (χ1v) is 6.21. The lowest BCUT2D eigenvalue weighted by atomic mass is 9.66. The maximum atomic E-state index is 10.8. The third-order valence-electron chi connectivity index (χ3n) is 2.90. The minimum absolute atomic E-state index is 0.0531. The highest BCUT2D eigenvalue weighted by atomic mass is 79.9. The molecule has 1 aromatic heterocycles. The van der Waals surface area contributed by atoms with E-state index < -0.39 is 5.97 Å². The van der Waals surface area contributed by atoms with Crippen molar-refractivity contribution in [2.24, 2.45) is 0 Å². The Labute approximate surface area is 95.1 Å². The van der Waals surface area contributed by atoms with Gasteiger partial charge in [0.25, 0.3) is 0 Å². The summed E-state index contributed by atoms with van der Waals surface area (Å²) >= 11 is 5.08. The summed E-state index contributed by atoms with van der Waals surface area (Å²) in [5.41, 5.74) is -0.0531. The molecule has 4 heteroatoms. The van der Waals surface area contributed by atoms with Crippen LogP contribution >= 0.6 is 27.3 Å². The number of carbonyl (C=O) groups is 1. The monoisotopic (exact) mass is 274 g/mol. The lowest BCUT2D eigenvalue weighted by Gasteiger charge is -2.40. The topological polar surface area (TPSA) is 37.3 Å². The van der Waals surface area contributed by atoms with Crippen molar-refractivity contribution in [2.45, 2.75) is 31.1 Å². The van der Waals surface area contributed by atoms with Crippen LogP contribution in [-0.2, 0) is 10.2 Å². The van der Waals surface area contributed by atoms with Crippen molar-refractivity contribution >= 4 is 33.2 Å². The van der Waals surface area contributed by atoms with Crippen molar-refractivity contribution in [3.05, 3.63) is 20.8 Å². The maximum absolute atomic E-state index is 10.8. The van der Waals surface area contributed by atoms with Gasteiger partial charge in [-0.1, -0.05) is 6.42 Å². The summed E-state index contributed by atoms with van der Waals surface area (Å²) in [6.45, 7) is 0. The summed E-state index contributed by atoms with van der Waals surface area (Å²) < 4.78 is 1.09. The second kappa shape index (κ2) is 3.66. The highest BCUT2D eigenvalue weighted by Gasteiger charge is 2.41. The Morgan fingerprint density at radius 1 is 1.57 bits per heavy atom. The predicted octanol–water partition coefficient (Wildman–Crippen LogP) is 3.41. The number of carboxylic acids is 1. The Kier molecular flexibility index (Phi) is 2.66. The molecule has 0 bridgehead atoms. The molecular formula is C10H11BrO2S. The normalized spacial score (nSPS) is 18.9. The molecule has 76 valence electrons. The van der Waals surface area contributed by atoms with Gasteiger partial charge < -0.3 is 5.11 Å². The van der Waals surface area contributed by atoms with Crippen LogP contribution in [0.3, 0.4) is 0 Å². The van der Waals surface area contributed by atoms with E-state index in [-0.39, 0.29) is 11.8 Å². The fourth-order valence-corrected chi connectivity index (χ4v) is 3.63. The van der Waals surface area contributed by atoms with Crippen molar-refractivity contribution in [1.82, 2.24) is 0 Å². The number of hydrogen-bond donors (Lipinski definition) is 1. The summed E-state index contributed by atoms with van der Waals surface area (Å²) in [7, 11) is 0. The van der Waals surface area contributed by atoms with Crippen molar-refractivity contribution in [3.63, 3.8) is 0 Å². The van der Waals surface area contributed by atoms with Crippen LogP contribution in [0.5, 0.6) is 0 Å². The van der Waals surface area contributed by atoms with Gasteiger partial charge in [0.05, 0.1) is 10.2 Å². The fourth-order valence-electron chi connectivity index (χ4n) is 2.00. The van der Waals surface area contributed by atoms with E-state index in [1.54, 1.807) is 11.3 Å². The van der Waals surface area contributed by atoms with Crippen LogP contribution in [0.2, 0.25) is 0 Å². The summed E-state index contributed by atoms with van der Waals surface area (Å²) in [6, 6.07) is 4.05. The van der Waals surface area contributed by atoms with Crippen molar-refractivity contribution in [3.8, 4) is 0 Å². The zero-order chi connectivity index (χ0) is 10.2. The Bertz CT molecular complexity index is 355. The van der Waals surface area contributed by atoms with Gasteiger partial charge in [0.2, 0.25) is 0 Å². The average molecular weight is 275 g/mol. The van der Waals surface area contributed by atoms with Gasteiger partial charge in [-0.05, 0) is 40.9 Å². The molecule has 1 aromatic rings. The van der Waals surface area contributed by atoms with E-state index in [0.717, 1.165) is 23.0 Å². The molecule has 0 aromatic carbocycles. The number of thiophene rings is 1. The van der Waals surface area contributed by atoms with Gasteiger partial charge in [-0.15, -0.1) is 11.3 Å². The molecule has 0 atom stereocenters. The number of halogens is 1. The smallest absolute Gasteiger partial charge is 0.304 e. The third-order valence-corrected chi connectivity index (χ3v) is 4.77. The zero-order valence-corrected chi connectivity index (χ0v) is 10.0. The average Bonchev–Trinajstić information content (AvgIpc) is 2.44. The summed E-state index contributed by atoms with van der Waals surface area (Å²) in [5, 5.41) is 8.88. The molecule has 0 saturated heterocycles. The zero-order valence-electron chi connectivity index (χ0n) is 7.62. The van der Waals surface area contributed by atoms with Crippen LogP contribution in [0.15, 0.2) is 15.9 Å². The van der Waals surface area contributed by atoms with Gasteiger partial charge in [0.1, 0.15) is 0 Å². The molecule has 14 heavy (non-hydrogen) atoms. The van der Waals surface area contributed by atoms with Gasteiger partial charge in [0, 0.05) is 10.3 Å². The first-order valence-electron chi connectivity index (χ1n) is 4.60. The van der Waals surface area contributed by atoms with E-state index in [1.165, 1.54) is 4.88 Å². The minimum atomic E-state index is -0.686. The second-order valence-electron chi connectivity index (χ2n) is 3.81. The van der Waals surface area contributed by atoms with Gasteiger partial charge >= 0.3 is 5.97 Å². The molecular weight excluding hydrogens is 264 g/mol. The summed E-state index contributed by atoms with van der Waals surface area (Å²) in [4.78, 5) is 12.0. The number of rotatable bonds is 3. The van der Waals surface area contributed by atoms with E-state index >= 15 is 0 Å². The van der Waals surface area contributed by atoms with Crippen molar-refractivity contribution in [1.29, 1.82) is 0 Å². The molecule has 1 fully saturated rings. The molecule has 0 amide bonds. The van der Waals surface area contributed by atoms with Gasteiger partial charge in [0.15, 0.2) is 0 Å². The highest BCUT2D eigenvalue weighted by Crippen LogP contribution is 2.49.